The van der Waals surface area contributed by atoms with E-state index in [0.29, 0.717) is 0 Å². The van der Waals surface area contributed by atoms with E-state index < -0.39 is 0 Å². The van der Waals surface area contributed by atoms with Crippen LogP contribution in [0.15, 0.2) is 11.3 Å². The number of nitrogens with zero attached hydrogens (tertiary/aromatic N) is 5. The molecular weight excluding hydrogens is 282 g/mol. The van der Waals surface area contributed by atoms with Gasteiger partial charge in [0, 0.05) is 53.3 Å². The summed E-state index contributed by atoms with van der Waals surface area (Å²) in [6.45, 7) is 7.14. The zero-order valence-electron chi connectivity index (χ0n) is 14.2. The van der Waals surface area contributed by atoms with Gasteiger partial charge in [-0.3, -0.25) is 4.99 Å². The second-order valence-corrected chi connectivity index (χ2v) is 5.02. The Bertz CT molecular complexity index is 433. The standard InChI is InChI=1S/C14H29N7O/c1-5-13-19-18-12-21(13)9-7-17-14(15-2)16-6-8-20(3)10-11-22-4/h12H,5-11H2,1-4H3,(H2,15,16,17). The van der Waals surface area contributed by atoms with Crippen LogP contribution in [0.3, 0.4) is 0 Å². The molecule has 0 radical (unpaired) electrons. The first-order valence-electron chi connectivity index (χ1n) is 7.70. The lowest BCUT2D eigenvalue weighted by molar-refractivity contribution is 0.162. The normalized spacial score (nSPS) is 12.0. The van der Waals surface area contributed by atoms with Crippen LogP contribution in [0, 0.1) is 0 Å². The van der Waals surface area contributed by atoms with E-state index in [0.717, 1.165) is 57.5 Å². The zero-order chi connectivity index (χ0) is 16.2. The molecule has 0 aliphatic rings. The first-order valence-corrected chi connectivity index (χ1v) is 7.70. The minimum atomic E-state index is 0.752. The Balaban J connectivity index is 2.20. The van der Waals surface area contributed by atoms with Gasteiger partial charge in [0.25, 0.3) is 0 Å². The van der Waals surface area contributed by atoms with Gasteiger partial charge in [-0.1, -0.05) is 6.92 Å². The molecule has 1 aromatic heterocycles. The molecule has 0 saturated carbocycles. The SMILES string of the molecule is CCc1nncn1CCNC(=NC)NCCN(C)CCOC. The summed E-state index contributed by atoms with van der Waals surface area (Å²) in [6, 6.07) is 0. The fraction of sp³-hybridized carbons (Fsp3) is 0.786. The molecule has 22 heavy (non-hydrogen) atoms. The van der Waals surface area contributed by atoms with Crippen molar-refractivity contribution in [2.45, 2.75) is 19.9 Å². The Hall–Kier alpha value is -1.67. The van der Waals surface area contributed by atoms with Crippen molar-refractivity contribution in [3.8, 4) is 0 Å². The molecule has 0 spiro atoms. The lowest BCUT2D eigenvalue weighted by atomic mass is 10.4. The molecule has 1 aromatic rings. The first-order chi connectivity index (χ1) is 10.7. The zero-order valence-corrected chi connectivity index (χ0v) is 14.2. The number of aromatic nitrogens is 3. The van der Waals surface area contributed by atoms with Gasteiger partial charge in [0.15, 0.2) is 5.96 Å². The van der Waals surface area contributed by atoms with E-state index in [1.807, 2.05) is 0 Å². The summed E-state index contributed by atoms with van der Waals surface area (Å²) in [5.74, 6) is 1.82. The molecule has 0 amide bonds. The van der Waals surface area contributed by atoms with E-state index in [1.165, 1.54) is 0 Å². The van der Waals surface area contributed by atoms with Crippen molar-refractivity contribution in [1.29, 1.82) is 0 Å². The molecule has 0 saturated heterocycles. The Morgan fingerprint density at radius 3 is 2.82 bits per heavy atom. The van der Waals surface area contributed by atoms with Gasteiger partial charge in [-0.25, -0.2) is 0 Å². The van der Waals surface area contributed by atoms with Crippen LogP contribution in [0.25, 0.3) is 0 Å². The average Bonchev–Trinajstić information content (AvgIpc) is 2.98. The van der Waals surface area contributed by atoms with Gasteiger partial charge in [0.2, 0.25) is 0 Å². The summed E-state index contributed by atoms with van der Waals surface area (Å²) < 4.78 is 7.11. The smallest absolute Gasteiger partial charge is 0.191 e. The summed E-state index contributed by atoms with van der Waals surface area (Å²) in [5, 5.41) is 14.6. The minimum absolute atomic E-state index is 0.752. The summed E-state index contributed by atoms with van der Waals surface area (Å²) in [5.41, 5.74) is 0. The maximum absolute atomic E-state index is 5.06. The maximum Gasteiger partial charge on any atom is 0.191 e. The molecule has 8 nitrogen and oxygen atoms in total. The van der Waals surface area contributed by atoms with Crippen LogP contribution in [-0.2, 0) is 17.7 Å². The van der Waals surface area contributed by atoms with Gasteiger partial charge in [-0.15, -0.1) is 10.2 Å². The van der Waals surface area contributed by atoms with E-state index >= 15 is 0 Å². The van der Waals surface area contributed by atoms with Crippen LogP contribution in [0.4, 0.5) is 0 Å². The lowest BCUT2D eigenvalue weighted by Crippen LogP contribution is -2.42. The van der Waals surface area contributed by atoms with Gasteiger partial charge in [0.05, 0.1) is 6.61 Å². The molecule has 0 aromatic carbocycles. The third-order valence-electron chi connectivity index (χ3n) is 3.34. The van der Waals surface area contributed by atoms with Crippen LogP contribution < -0.4 is 10.6 Å². The van der Waals surface area contributed by atoms with Gasteiger partial charge < -0.3 is 24.8 Å². The average molecular weight is 311 g/mol. The van der Waals surface area contributed by atoms with Crippen molar-refractivity contribution in [3.63, 3.8) is 0 Å². The molecule has 0 bridgehead atoms. The Morgan fingerprint density at radius 1 is 1.36 bits per heavy atom. The van der Waals surface area contributed by atoms with Crippen molar-refractivity contribution < 1.29 is 4.74 Å². The van der Waals surface area contributed by atoms with Crippen LogP contribution in [-0.4, -0.2) is 79.6 Å². The Kier molecular flexibility index (Phi) is 9.17. The van der Waals surface area contributed by atoms with Crippen LogP contribution >= 0.6 is 0 Å². The molecule has 0 aliphatic heterocycles. The number of rotatable bonds is 10. The molecule has 0 fully saturated rings. The largest absolute Gasteiger partial charge is 0.383 e. The number of likely N-dealkylation sites (N-methyl/N-ethyl adjacent to an activating group) is 1. The number of ether oxygens (including phenoxy) is 1. The van der Waals surface area contributed by atoms with Crippen molar-refractivity contribution in [2.75, 3.05) is 54.0 Å². The van der Waals surface area contributed by atoms with Crippen LogP contribution in [0.2, 0.25) is 0 Å². The van der Waals surface area contributed by atoms with E-state index in [2.05, 4.69) is 49.3 Å². The molecule has 0 atom stereocenters. The molecule has 8 heteroatoms. The number of hydrogen-bond donors (Lipinski definition) is 2. The van der Waals surface area contributed by atoms with Crippen molar-refractivity contribution in [2.24, 2.45) is 4.99 Å². The van der Waals surface area contributed by atoms with E-state index in [4.69, 9.17) is 4.74 Å². The van der Waals surface area contributed by atoms with Gasteiger partial charge in [-0.05, 0) is 7.05 Å². The van der Waals surface area contributed by atoms with Crippen LogP contribution in [0.1, 0.15) is 12.7 Å². The van der Waals surface area contributed by atoms with Crippen LogP contribution in [0.5, 0.6) is 0 Å². The highest BCUT2D eigenvalue weighted by Gasteiger charge is 2.03. The highest BCUT2D eigenvalue weighted by Crippen LogP contribution is 1.94. The quantitative estimate of drug-likeness (QED) is 0.451. The lowest BCUT2D eigenvalue weighted by Gasteiger charge is -2.18. The third-order valence-corrected chi connectivity index (χ3v) is 3.34. The van der Waals surface area contributed by atoms with Gasteiger partial charge in [-0.2, -0.15) is 0 Å². The number of aryl methyl sites for hydroxylation is 1. The van der Waals surface area contributed by atoms with E-state index in [-0.39, 0.29) is 0 Å². The fourth-order valence-corrected chi connectivity index (χ4v) is 1.98. The topological polar surface area (TPSA) is 79.6 Å². The van der Waals surface area contributed by atoms with Gasteiger partial charge in [0.1, 0.15) is 12.2 Å². The summed E-state index contributed by atoms with van der Waals surface area (Å²) in [7, 11) is 5.58. The molecular formula is C14H29N7O. The number of hydrogen-bond acceptors (Lipinski definition) is 5. The Morgan fingerprint density at radius 2 is 2.14 bits per heavy atom. The molecule has 126 valence electrons. The highest BCUT2D eigenvalue weighted by molar-refractivity contribution is 5.79. The van der Waals surface area contributed by atoms with Gasteiger partial charge >= 0.3 is 0 Å². The molecule has 2 N–H and O–H groups in total. The molecule has 0 aliphatic carbocycles. The first kappa shape index (κ1) is 18.4. The predicted molar refractivity (Wildman–Crippen MR) is 88.1 cm³/mol. The molecule has 1 rings (SSSR count). The summed E-state index contributed by atoms with van der Waals surface area (Å²) >= 11 is 0. The second kappa shape index (κ2) is 11.0. The molecule has 0 unspecified atom stereocenters. The van der Waals surface area contributed by atoms with E-state index in [1.54, 1.807) is 20.5 Å². The molecule has 1 heterocycles. The maximum atomic E-state index is 5.06. The van der Waals surface area contributed by atoms with Crippen molar-refractivity contribution >= 4 is 5.96 Å². The monoisotopic (exact) mass is 311 g/mol. The minimum Gasteiger partial charge on any atom is -0.383 e. The summed E-state index contributed by atoms with van der Waals surface area (Å²) in [6.07, 6.45) is 2.66. The summed E-state index contributed by atoms with van der Waals surface area (Å²) in [4.78, 5) is 6.44. The number of methoxy groups -OCH3 is 1. The van der Waals surface area contributed by atoms with E-state index in [9.17, 15) is 0 Å². The van der Waals surface area contributed by atoms with Crippen molar-refractivity contribution in [3.05, 3.63) is 12.2 Å². The van der Waals surface area contributed by atoms with Crippen molar-refractivity contribution in [1.82, 2.24) is 30.3 Å². The number of nitrogens with one attached hydrogen (secondary N) is 2. The fourth-order valence-electron chi connectivity index (χ4n) is 1.98. The highest BCUT2D eigenvalue weighted by atomic mass is 16.5. The second-order valence-electron chi connectivity index (χ2n) is 5.02. The Labute approximate surface area is 133 Å². The third kappa shape index (κ3) is 6.86. The number of aliphatic imine (C=N–C) groups is 1. The predicted octanol–water partition coefficient (Wildman–Crippen LogP) is -0.416. The number of guanidine groups is 1.